The minimum absolute atomic E-state index is 0.0871. The summed E-state index contributed by atoms with van der Waals surface area (Å²) in [5.74, 6) is 0.0234. The summed E-state index contributed by atoms with van der Waals surface area (Å²) in [5, 5.41) is 0. The highest BCUT2D eigenvalue weighted by Gasteiger charge is 2.46. The topological polar surface area (TPSA) is 43.9 Å². The molecule has 2 aromatic carbocycles. The molecule has 0 spiro atoms. The minimum Gasteiger partial charge on any atom is -0.335 e. The van der Waals surface area contributed by atoms with Crippen LogP contribution in [0, 0.1) is 13.8 Å². The third kappa shape index (κ3) is 5.07. The predicted molar refractivity (Wildman–Crippen MR) is 137 cm³/mol. The van der Waals surface area contributed by atoms with Crippen LogP contribution in [0.1, 0.15) is 85.0 Å². The smallest absolute Gasteiger partial charge is 0.335 e. The molecular formula is C29H36F3N3O2. The van der Waals surface area contributed by atoms with Crippen molar-refractivity contribution in [3.05, 3.63) is 69.8 Å². The van der Waals surface area contributed by atoms with Gasteiger partial charge in [0.2, 0.25) is 5.91 Å². The summed E-state index contributed by atoms with van der Waals surface area (Å²) < 4.78 is 41.0. The van der Waals surface area contributed by atoms with Crippen LogP contribution >= 0.6 is 0 Å². The SMILES string of the molecule is Cc1cccc(C2C3CCC(=O)N3CCN2C(=O)N(C)C(C)c2cc(C(C)C)cc(C(F)(F)F)c2)c1C. The van der Waals surface area contributed by atoms with Crippen molar-refractivity contribution in [2.45, 2.75) is 77.7 Å². The molecule has 0 saturated carbocycles. The van der Waals surface area contributed by atoms with Gasteiger partial charge in [0.05, 0.1) is 23.7 Å². The molecule has 3 amide bonds. The van der Waals surface area contributed by atoms with E-state index in [0.717, 1.165) is 22.8 Å². The van der Waals surface area contributed by atoms with Gasteiger partial charge in [-0.2, -0.15) is 13.2 Å². The van der Waals surface area contributed by atoms with Crippen LogP contribution in [0.15, 0.2) is 36.4 Å². The summed E-state index contributed by atoms with van der Waals surface area (Å²) in [6.07, 6.45) is -3.34. The summed E-state index contributed by atoms with van der Waals surface area (Å²) in [6, 6.07) is 8.87. The largest absolute Gasteiger partial charge is 0.416 e. The Labute approximate surface area is 217 Å². The first-order chi connectivity index (χ1) is 17.3. The number of fused-ring (bicyclic) bond motifs is 1. The molecule has 0 bridgehead atoms. The molecule has 2 fully saturated rings. The molecule has 0 radical (unpaired) electrons. The normalized spacial score (nSPS) is 20.9. The van der Waals surface area contributed by atoms with Crippen LogP contribution in [0.3, 0.4) is 0 Å². The van der Waals surface area contributed by atoms with E-state index in [9.17, 15) is 22.8 Å². The molecule has 3 atom stereocenters. The molecule has 37 heavy (non-hydrogen) atoms. The quantitative estimate of drug-likeness (QED) is 0.460. The van der Waals surface area contributed by atoms with Crippen molar-refractivity contribution < 1.29 is 22.8 Å². The molecule has 2 aliphatic heterocycles. The van der Waals surface area contributed by atoms with Gasteiger partial charge < -0.3 is 14.7 Å². The molecule has 0 N–H and O–H groups in total. The van der Waals surface area contributed by atoms with Crippen molar-refractivity contribution in [3.63, 3.8) is 0 Å². The molecule has 5 nitrogen and oxygen atoms in total. The fourth-order valence-corrected chi connectivity index (χ4v) is 5.63. The van der Waals surface area contributed by atoms with E-state index in [-0.39, 0.29) is 29.9 Å². The zero-order chi connectivity index (χ0) is 27.2. The number of aryl methyl sites for hydroxylation is 1. The van der Waals surface area contributed by atoms with E-state index < -0.39 is 17.8 Å². The van der Waals surface area contributed by atoms with Crippen LogP contribution in [0.4, 0.5) is 18.0 Å². The molecule has 0 aromatic heterocycles. The van der Waals surface area contributed by atoms with E-state index in [1.54, 1.807) is 20.0 Å². The Hall–Kier alpha value is -3.03. The zero-order valence-corrected chi connectivity index (χ0v) is 22.4. The van der Waals surface area contributed by atoms with Crippen LogP contribution in [0.25, 0.3) is 0 Å². The summed E-state index contributed by atoms with van der Waals surface area (Å²) >= 11 is 0. The first-order valence-corrected chi connectivity index (χ1v) is 12.9. The second-order valence-corrected chi connectivity index (χ2v) is 10.7. The van der Waals surface area contributed by atoms with Crippen molar-refractivity contribution in [1.82, 2.24) is 14.7 Å². The van der Waals surface area contributed by atoms with Crippen molar-refractivity contribution in [2.24, 2.45) is 0 Å². The summed E-state index contributed by atoms with van der Waals surface area (Å²) in [7, 11) is 1.65. The Morgan fingerprint density at radius 3 is 2.38 bits per heavy atom. The van der Waals surface area contributed by atoms with Gasteiger partial charge in [-0.25, -0.2) is 4.79 Å². The fourth-order valence-electron chi connectivity index (χ4n) is 5.63. The molecule has 2 aliphatic rings. The molecule has 3 unspecified atom stereocenters. The lowest BCUT2D eigenvalue weighted by molar-refractivity contribution is -0.137. The van der Waals surface area contributed by atoms with Gasteiger partial charge in [-0.1, -0.05) is 38.1 Å². The molecule has 2 heterocycles. The lowest BCUT2D eigenvalue weighted by Gasteiger charge is -2.47. The van der Waals surface area contributed by atoms with Gasteiger partial charge >= 0.3 is 12.2 Å². The van der Waals surface area contributed by atoms with Gasteiger partial charge in [0.25, 0.3) is 0 Å². The second-order valence-electron chi connectivity index (χ2n) is 10.7. The number of piperazine rings is 1. The van der Waals surface area contributed by atoms with Gasteiger partial charge in [0.1, 0.15) is 0 Å². The average molecular weight is 516 g/mol. The molecule has 2 saturated heterocycles. The van der Waals surface area contributed by atoms with Crippen LogP contribution in [0.5, 0.6) is 0 Å². The number of rotatable bonds is 4. The van der Waals surface area contributed by atoms with Crippen LogP contribution in [-0.4, -0.2) is 52.8 Å². The highest BCUT2D eigenvalue weighted by molar-refractivity contribution is 5.81. The molecular weight excluding hydrogens is 479 g/mol. The van der Waals surface area contributed by atoms with Crippen molar-refractivity contribution in [2.75, 3.05) is 20.1 Å². The Morgan fingerprint density at radius 1 is 1.05 bits per heavy atom. The summed E-state index contributed by atoms with van der Waals surface area (Å²) in [6.45, 7) is 10.4. The Kier molecular flexibility index (Phi) is 7.32. The third-order valence-electron chi connectivity index (χ3n) is 8.20. The van der Waals surface area contributed by atoms with Crippen molar-refractivity contribution >= 4 is 11.9 Å². The second kappa shape index (κ2) is 10.0. The van der Waals surface area contributed by atoms with E-state index in [0.29, 0.717) is 37.1 Å². The number of carbonyl (C=O) groups is 2. The van der Waals surface area contributed by atoms with E-state index >= 15 is 0 Å². The lowest BCUT2D eigenvalue weighted by atomic mass is 9.89. The third-order valence-corrected chi connectivity index (χ3v) is 8.20. The van der Waals surface area contributed by atoms with E-state index in [4.69, 9.17) is 0 Å². The number of halogens is 3. The highest BCUT2D eigenvalue weighted by atomic mass is 19.4. The zero-order valence-electron chi connectivity index (χ0n) is 22.4. The number of carbonyl (C=O) groups excluding carboxylic acids is 2. The lowest BCUT2D eigenvalue weighted by Crippen LogP contribution is -2.57. The predicted octanol–water partition coefficient (Wildman–Crippen LogP) is 6.61. The Morgan fingerprint density at radius 2 is 1.73 bits per heavy atom. The van der Waals surface area contributed by atoms with E-state index in [1.165, 1.54) is 11.0 Å². The van der Waals surface area contributed by atoms with Gasteiger partial charge in [-0.05, 0) is 73.1 Å². The first kappa shape index (κ1) is 27.0. The number of urea groups is 1. The van der Waals surface area contributed by atoms with Gasteiger partial charge in [0.15, 0.2) is 0 Å². The molecule has 2 aromatic rings. The number of alkyl halides is 3. The van der Waals surface area contributed by atoms with Crippen LogP contribution < -0.4 is 0 Å². The maximum absolute atomic E-state index is 14.0. The number of hydrogen-bond donors (Lipinski definition) is 0. The van der Waals surface area contributed by atoms with Crippen LogP contribution in [0.2, 0.25) is 0 Å². The minimum atomic E-state index is -4.47. The number of benzene rings is 2. The number of amides is 3. The van der Waals surface area contributed by atoms with Gasteiger partial charge in [0, 0.05) is 26.6 Å². The van der Waals surface area contributed by atoms with Gasteiger partial charge in [-0.15, -0.1) is 0 Å². The number of nitrogens with zero attached hydrogens (tertiary/aromatic N) is 3. The molecule has 4 rings (SSSR count). The fraction of sp³-hybridized carbons (Fsp3) is 0.517. The summed E-state index contributed by atoms with van der Waals surface area (Å²) in [5.41, 5.74) is 3.55. The van der Waals surface area contributed by atoms with E-state index in [2.05, 4.69) is 0 Å². The van der Waals surface area contributed by atoms with E-state index in [1.807, 2.05) is 55.7 Å². The van der Waals surface area contributed by atoms with Gasteiger partial charge in [-0.3, -0.25) is 4.79 Å². The van der Waals surface area contributed by atoms with Crippen molar-refractivity contribution in [1.29, 1.82) is 0 Å². The summed E-state index contributed by atoms with van der Waals surface area (Å²) in [4.78, 5) is 31.8. The maximum atomic E-state index is 14.0. The Balaban J connectivity index is 1.70. The monoisotopic (exact) mass is 515 g/mol. The standard InChI is InChI=1S/C29H36F3N3O2/c1-17(2)21-14-22(16-23(15-21)29(30,31)32)20(5)33(6)28(37)35-13-12-34-25(10-11-26(34)36)27(35)24-9-7-8-18(3)19(24)4/h7-9,14-17,20,25,27H,10-13H2,1-6H3. The Bertz CT molecular complexity index is 1190. The van der Waals surface area contributed by atoms with Crippen molar-refractivity contribution in [3.8, 4) is 0 Å². The number of hydrogen-bond acceptors (Lipinski definition) is 2. The van der Waals surface area contributed by atoms with Crippen LogP contribution in [-0.2, 0) is 11.0 Å². The molecule has 8 heteroatoms. The first-order valence-electron chi connectivity index (χ1n) is 12.9. The molecule has 200 valence electrons. The highest BCUT2D eigenvalue weighted by Crippen LogP contribution is 2.41. The average Bonchev–Trinajstić information content (AvgIpc) is 3.23. The maximum Gasteiger partial charge on any atom is 0.416 e. The molecule has 0 aliphatic carbocycles.